The second-order valence-corrected chi connectivity index (χ2v) is 3.19. The number of carbonyl (C=O) groups excluding carboxylic acids is 1. The SMILES string of the molecule is COC(=O)COc1ccccc1C(C)N. The minimum absolute atomic E-state index is 0.0970. The molecule has 0 radical (unpaired) electrons. The normalized spacial score (nSPS) is 11.9. The Hall–Kier alpha value is -1.55. The van der Waals surface area contributed by atoms with Gasteiger partial charge in [-0.05, 0) is 13.0 Å². The maximum absolute atomic E-state index is 10.9. The van der Waals surface area contributed by atoms with E-state index in [9.17, 15) is 4.79 Å². The van der Waals surface area contributed by atoms with E-state index >= 15 is 0 Å². The molecule has 0 amide bonds. The molecule has 0 fully saturated rings. The van der Waals surface area contributed by atoms with Crippen LogP contribution in [0.5, 0.6) is 5.75 Å². The first-order chi connectivity index (χ1) is 7.15. The zero-order valence-electron chi connectivity index (χ0n) is 8.90. The highest BCUT2D eigenvalue weighted by Crippen LogP contribution is 2.22. The van der Waals surface area contributed by atoms with Gasteiger partial charge in [-0.15, -0.1) is 0 Å². The van der Waals surface area contributed by atoms with Crippen LogP contribution in [-0.4, -0.2) is 19.7 Å². The predicted molar refractivity (Wildman–Crippen MR) is 56.6 cm³/mol. The van der Waals surface area contributed by atoms with Crippen LogP contribution in [0.4, 0.5) is 0 Å². The summed E-state index contributed by atoms with van der Waals surface area (Å²) in [5.41, 5.74) is 6.63. The molecule has 0 saturated heterocycles. The smallest absolute Gasteiger partial charge is 0.343 e. The molecule has 0 aromatic heterocycles. The highest BCUT2D eigenvalue weighted by molar-refractivity contribution is 5.70. The molecule has 0 bridgehead atoms. The van der Waals surface area contributed by atoms with Crippen molar-refractivity contribution in [1.29, 1.82) is 0 Å². The number of benzene rings is 1. The fraction of sp³-hybridized carbons (Fsp3) is 0.364. The van der Waals surface area contributed by atoms with Gasteiger partial charge in [0.25, 0.3) is 0 Å². The number of para-hydroxylation sites is 1. The minimum atomic E-state index is -0.408. The van der Waals surface area contributed by atoms with Crippen LogP contribution in [0.3, 0.4) is 0 Å². The minimum Gasteiger partial charge on any atom is -0.482 e. The maximum Gasteiger partial charge on any atom is 0.343 e. The van der Waals surface area contributed by atoms with E-state index < -0.39 is 5.97 Å². The Morgan fingerprint density at radius 1 is 1.47 bits per heavy atom. The monoisotopic (exact) mass is 209 g/mol. The van der Waals surface area contributed by atoms with Gasteiger partial charge in [0.15, 0.2) is 6.61 Å². The van der Waals surface area contributed by atoms with Crippen LogP contribution in [0.25, 0.3) is 0 Å². The van der Waals surface area contributed by atoms with E-state index in [-0.39, 0.29) is 12.6 Å². The van der Waals surface area contributed by atoms with Crippen molar-refractivity contribution in [2.24, 2.45) is 5.73 Å². The maximum atomic E-state index is 10.9. The molecular formula is C11H15NO3. The quantitative estimate of drug-likeness (QED) is 0.758. The second kappa shape index (κ2) is 5.36. The fourth-order valence-corrected chi connectivity index (χ4v) is 1.18. The first kappa shape index (κ1) is 11.5. The summed E-state index contributed by atoms with van der Waals surface area (Å²) in [6, 6.07) is 7.24. The van der Waals surface area contributed by atoms with Crippen LogP contribution >= 0.6 is 0 Å². The number of hydrogen-bond acceptors (Lipinski definition) is 4. The molecule has 1 rings (SSSR count). The van der Waals surface area contributed by atoms with Gasteiger partial charge in [0.2, 0.25) is 0 Å². The first-order valence-corrected chi connectivity index (χ1v) is 4.69. The van der Waals surface area contributed by atoms with Crippen LogP contribution in [0.1, 0.15) is 18.5 Å². The summed E-state index contributed by atoms with van der Waals surface area (Å²) in [4.78, 5) is 10.9. The molecule has 4 heteroatoms. The summed E-state index contributed by atoms with van der Waals surface area (Å²) in [7, 11) is 1.32. The standard InChI is InChI=1S/C11H15NO3/c1-8(12)9-5-3-4-6-10(9)15-7-11(13)14-2/h3-6,8H,7,12H2,1-2H3. The number of rotatable bonds is 4. The molecule has 0 aliphatic carbocycles. The Kier molecular flexibility index (Phi) is 4.12. The molecule has 4 nitrogen and oxygen atoms in total. The van der Waals surface area contributed by atoms with Gasteiger partial charge >= 0.3 is 5.97 Å². The summed E-state index contributed by atoms with van der Waals surface area (Å²) in [6.07, 6.45) is 0. The van der Waals surface area contributed by atoms with Crippen LogP contribution in [0, 0.1) is 0 Å². The van der Waals surface area contributed by atoms with E-state index in [0.29, 0.717) is 5.75 Å². The summed E-state index contributed by atoms with van der Waals surface area (Å²) >= 11 is 0. The number of ether oxygens (including phenoxy) is 2. The zero-order chi connectivity index (χ0) is 11.3. The molecule has 0 heterocycles. The van der Waals surface area contributed by atoms with Crippen LogP contribution in [-0.2, 0) is 9.53 Å². The summed E-state index contributed by atoms with van der Waals surface area (Å²) in [5.74, 6) is 0.215. The van der Waals surface area contributed by atoms with Crippen molar-refractivity contribution >= 4 is 5.97 Å². The van der Waals surface area contributed by atoms with Crippen LogP contribution in [0.2, 0.25) is 0 Å². The third-order valence-corrected chi connectivity index (χ3v) is 1.98. The van der Waals surface area contributed by atoms with E-state index in [1.807, 2.05) is 25.1 Å². The van der Waals surface area contributed by atoms with Gasteiger partial charge < -0.3 is 15.2 Å². The third-order valence-electron chi connectivity index (χ3n) is 1.98. The van der Waals surface area contributed by atoms with E-state index in [1.165, 1.54) is 7.11 Å². The van der Waals surface area contributed by atoms with Crippen LogP contribution in [0.15, 0.2) is 24.3 Å². The van der Waals surface area contributed by atoms with Crippen molar-refractivity contribution in [3.05, 3.63) is 29.8 Å². The van der Waals surface area contributed by atoms with Crippen molar-refractivity contribution in [3.63, 3.8) is 0 Å². The van der Waals surface area contributed by atoms with Crippen molar-refractivity contribution in [1.82, 2.24) is 0 Å². The lowest BCUT2D eigenvalue weighted by Crippen LogP contribution is -2.15. The average molecular weight is 209 g/mol. The number of nitrogens with two attached hydrogens (primary N) is 1. The highest BCUT2D eigenvalue weighted by Gasteiger charge is 2.08. The topological polar surface area (TPSA) is 61.5 Å². The van der Waals surface area contributed by atoms with E-state index in [4.69, 9.17) is 10.5 Å². The summed E-state index contributed by atoms with van der Waals surface area (Å²) < 4.78 is 9.77. The van der Waals surface area contributed by atoms with Gasteiger partial charge in [-0.2, -0.15) is 0 Å². The highest BCUT2D eigenvalue weighted by atomic mass is 16.6. The molecule has 0 aliphatic heterocycles. The van der Waals surface area contributed by atoms with Gasteiger partial charge in [0.1, 0.15) is 5.75 Å². The largest absolute Gasteiger partial charge is 0.482 e. The molecule has 1 unspecified atom stereocenters. The fourth-order valence-electron chi connectivity index (χ4n) is 1.18. The van der Waals surface area contributed by atoms with Gasteiger partial charge in [-0.3, -0.25) is 0 Å². The van der Waals surface area contributed by atoms with Crippen LogP contribution < -0.4 is 10.5 Å². The van der Waals surface area contributed by atoms with Gasteiger partial charge in [-0.25, -0.2) is 4.79 Å². The van der Waals surface area contributed by atoms with Gasteiger partial charge in [-0.1, -0.05) is 18.2 Å². The molecule has 15 heavy (non-hydrogen) atoms. The zero-order valence-corrected chi connectivity index (χ0v) is 8.90. The summed E-state index contributed by atoms with van der Waals surface area (Å²) in [6.45, 7) is 1.76. The van der Waals surface area contributed by atoms with Crippen molar-refractivity contribution < 1.29 is 14.3 Å². The Bertz CT molecular complexity index is 336. The van der Waals surface area contributed by atoms with E-state index in [2.05, 4.69) is 4.74 Å². The molecular weight excluding hydrogens is 194 g/mol. The number of methoxy groups -OCH3 is 1. The molecule has 2 N–H and O–H groups in total. The Labute approximate surface area is 89.0 Å². The average Bonchev–Trinajstić information content (AvgIpc) is 2.26. The van der Waals surface area contributed by atoms with E-state index in [1.54, 1.807) is 6.07 Å². The number of esters is 1. The number of hydrogen-bond donors (Lipinski definition) is 1. The first-order valence-electron chi connectivity index (χ1n) is 4.69. The third kappa shape index (κ3) is 3.25. The molecule has 0 spiro atoms. The molecule has 0 aliphatic rings. The van der Waals surface area contributed by atoms with Crippen molar-refractivity contribution in [2.45, 2.75) is 13.0 Å². The van der Waals surface area contributed by atoms with Crippen molar-refractivity contribution in [2.75, 3.05) is 13.7 Å². The second-order valence-electron chi connectivity index (χ2n) is 3.19. The Balaban J connectivity index is 2.71. The lowest BCUT2D eigenvalue weighted by Gasteiger charge is -2.12. The number of carbonyl (C=O) groups is 1. The summed E-state index contributed by atoms with van der Waals surface area (Å²) in [5, 5.41) is 0. The molecule has 1 atom stereocenters. The predicted octanol–water partition coefficient (Wildman–Crippen LogP) is 1.26. The van der Waals surface area contributed by atoms with Crippen molar-refractivity contribution in [3.8, 4) is 5.75 Å². The molecule has 0 saturated carbocycles. The molecule has 1 aromatic carbocycles. The molecule has 1 aromatic rings. The van der Waals surface area contributed by atoms with E-state index in [0.717, 1.165) is 5.56 Å². The lowest BCUT2D eigenvalue weighted by atomic mass is 10.1. The Morgan fingerprint density at radius 2 is 2.13 bits per heavy atom. The van der Waals surface area contributed by atoms with Gasteiger partial charge in [0, 0.05) is 11.6 Å². The van der Waals surface area contributed by atoms with Gasteiger partial charge in [0.05, 0.1) is 7.11 Å². The molecule has 82 valence electrons. The lowest BCUT2D eigenvalue weighted by molar-refractivity contribution is -0.142. The Morgan fingerprint density at radius 3 is 2.73 bits per heavy atom.